The molecule has 0 radical (unpaired) electrons. The highest BCUT2D eigenvalue weighted by Gasteiger charge is 2.31. The summed E-state index contributed by atoms with van der Waals surface area (Å²) in [6.07, 6.45) is -4.80. The average molecular weight is 400 g/mol. The van der Waals surface area contributed by atoms with E-state index in [9.17, 15) is 23.1 Å². The second-order valence-corrected chi connectivity index (χ2v) is 6.26. The summed E-state index contributed by atoms with van der Waals surface area (Å²) < 4.78 is 45.0. The molecule has 3 rings (SSSR count). The number of carboxylic acids is 1. The van der Waals surface area contributed by atoms with Crippen LogP contribution in [-0.4, -0.2) is 20.7 Å². The Bertz CT molecular complexity index is 1040. The van der Waals surface area contributed by atoms with E-state index in [2.05, 4.69) is 0 Å². The van der Waals surface area contributed by atoms with Gasteiger partial charge < -0.3 is 19.5 Å². The number of alkyl halides is 3. The van der Waals surface area contributed by atoms with Gasteiger partial charge in [-0.3, -0.25) is 4.79 Å². The maximum atomic E-state index is 12.7. The first kappa shape index (κ1) is 18.9. The number of benzene rings is 2. The van der Waals surface area contributed by atoms with Crippen molar-refractivity contribution in [1.82, 2.24) is 4.57 Å². The number of carbonyl (C=O) groups is 1. The molecule has 0 atom stereocenters. The van der Waals surface area contributed by atoms with E-state index in [0.717, 1.165) is 18.2 Å². The van der Waals surface area contributed by atoms with E-state index in [-0.39, 0.29) is 28.8 Å². The highest BCUT2D eigenvalue weighted by atomic mass is 35.5. The summed E-state index contributed by atoms with van der Waals surface area (Å²) in [5, 5.41) is 19.9. The molecule has 0 aliphatic rings. The Hall–Kier alpha value is -2.87. The molecule has 2 N–H and O–H groups in total. The topological polar surface area (TPSA) is 71.7 Å². The van der Waals surface area contributed by atoms with E-state index in [1.54, 1.807) is 6.07 Å². The zero-order valence-corrected chi connectivity index (χ0v) is 14.6. The standard InChI is InChI=1S/C18H13ClF3NO4/c1-23-14(8-16(24)25)11-4-3-10(7-12(11)17(23)26)27-15-5-2-9(6-13(15)19)18(20,21)22/h2-7,26H,8H2,1H3,(H,24,25). The predicted octanol–water partition coefficient (Wildman–Crippen LogP) is 4.98. The fraction of sp³-hybridized carbons (Fsp3) is 0.167. The first-order valence-electron chi connectivity index (χ1n) is 7.64. The Morgan fingerprint density at radius 1 is 1.19 bits per heavy atom. The van der Waals surface area contributed by atoms with Crippen LogP contribution in [0, 0.1) is 0 Å². The van der Waals surface area contributed by atoms with Crippen LogP contribution in [0.15, 0.2) is 36.4 Å². The molecule has 9 heteroatoms. The van der Waals surface area contributed by atoms with Crippen LogP contribution in [0.1, 0.15) is 11.3 Å². The normalized spacial score (nSPS) is 11.7. The monoisotopic (exact) mass is 399 g/mol. The third-order valence-corrected chi connectivity index (χ3v) is 4.37. The molecule has 0 bridgehead atoms. The first-order valence-corrected chi connectivity index (χ1v) is 8.02. The van der Waals surface area contributed by atoms with Crippen LogP contribution in [0.3, 0.4) is 0 Å². The van der Waals surface area contributed by atoms with Crippen LogP contribution in [-0.2, 0) is 24.4 Å². The summed E-state index contributed by atoms with van der Waals surface area (Å²) in [6.45, 7) is 0. The second-order valence-electron chi connectivity index (χ2n) is 5.85. The van der Waals surface area contributed by atoms with Crippen LogP contribution in [0.2, 0.25) is 5.02 Å². The molecular formula is C18H13ClF3NO4. The number of halogens is 4. The minimum Gasteiger partial charge on any atom is -0.494 e. The van der Waals surface area contributed by atoms with Crippen molar-refractivity contribution in [2.24, 2.45) is 7.05 Å². The molecule has 0 aliphatic carbocycles. The van der Waals surface area contributed by atoms with E-state index in [1.165, 1.54) is 23.7 Å². The fourth-order valence-electron chi connectivity index (χ4n) is 2.76. The third kappa shape index (κ3) is 3.66. The van der Waals surface area contributed by atoms with E-state index < -0.39 is 17.7 Å². The lowest BCUT2D eigenvalue weighted by Crippen LogP contribution is -2.05. The molecular weight excluding hydrogens is 387 g/mol. The minimum atomic E-state index is -4.52. The van der Waals surface area contributed by atoms with Gasteiger partial charge in [-0.05, 0) is 36.4 Å². The van der Waals surface area contributed by atoms with Crippen molar-refractivity contribution in [1.29, 1.82) is 0 Å². The number of hydrogen-bond acceptors (Lipinski definition) is 3. The van der Waals surface area contributed by atoms with Crippen LogP contribution in [0.4, 0.5) is 13.2 Å². The van der Waals surface area contributed by atoms with Gasteiger partial charge in [0.2, 0.25) is 0 Å². The second kappa shape index (κ2) is 6.70. The lowest BCUT2D eigenvalue weighted by molar-refractivity contribution is -0.138. The number of hydrogen-bond donors (Lipinski definition) is 2. The summed E-state index contributed by atoms with van der Waals surface area (Å²) in [6, 6.07) is 7.27. The molecule has 1 heterocycles. The van der Waals surface area contributed by atoms with E-state index in [0.29, 0.717) is 16.5 Å². The molecule has 0 saturated carbocycles. The van der Waals surface area contributed by atoms with Gasteiger partial charge in [0, 0.05) is 23.5 Å². The van der Waals surface area contributed by atoms with Crippen molar-refractivity contribution in [3.05, 3.63) is 52.7 Å². The number of ether oxygens (including phenoxy) is 1. The van der Waals surface area contributed by atoms with E-state index in [1.807, 2.05) is 0 Å². The smallest absolute Gasteiger partial charge is 0.416 e. The van der Waals surface area contributed by atoms with Gasteiger partial charge in [-0.1, -0.05) is 11.6 Å². The Kier molecular flexibility index (Phi) is 4.69. The van der Waals surface area contributed by atoms with Gasteiger partial charge in [0.15, 0.2) is 5.88 Å². The van der Waals surface area contributed by atoms with Crippen LogP contribution in [0.5, 0.6) is 17.4 Å². The number of rotatable bonds is 4. The minimum absolute atomic E-state index is 0.0187. The average Bonchev–Trinajstić information content (AvgIpc) is 2.80. The number of nitrogens with zero attached hydrogens (tertiary/aromatic N) is 1. The molecule has 0 spiro atoms. The van der Waals surface area contributed by atoms with E-state index in [4.69, 9.17) is 21.4 Å². The maximum absolute atomic E-state index is 12.7. The number of aromatic hydroxyl groups is 1. The van der Waals surface area contributed by atoms with Crippen LogP contribution < -0.4 is 4.74 Å². The van der Waals surface area contributed by atoms with Gasteiger partial charge >= 0.3 is 12.1 Å². The fourth-order valence-corrected chi connectivity index (χ4v) is 2.98. The number of aliphatic carboxylic acids is 1. The number of aromatic nitrogens is 1. The SMILES string of the molecule is Cn1c(O)c2cc(Oc3ccc(C(F)(F)F)cc3Cl)ccc2c1CC(=O)O. The Morgan fingerprint density at radius 3 is 2.48 bits per heavy atom. The zero-order valence-electron chi connectivity index (χ0n) is 13.8. The largest absolute Gasteiger partial charge is 0.494 e. The Balaban J connectivity index is 1.97. The summed E-state index contributed by atoms with van der Waals surface area (Å²) in [5.74, 6) is -0.947. The van der Waals surface area contributed by atoms with Gasteiger partial charge in [0.25, 0.3) is 0 Å². The Morgan fingerprint density at radius 2 is 1.89 bits per heavy atom. The van der Waals surface area contributed by atoms with Gasteiger partial charge in [-0.25, -0.2) is 0 Å². The maximum Gasteiger partial charge on any atom is 0.416 e. The summed E-state index contributed by atoms with van der Waals surface area (Å²) in [7, 11) is 1.53. The lowest BCUT2D eigenvalue weighted by atomic mass is 10.1. The molecule has 27 heavy (non-hydrogen) atoms. The van der Waals surface area contributed by atoms with Gasteiger partial charge in [-0.2, -0.15) is 13.2 Å². The molecule has 3 aromatic rings. The van der Waals surface area contributed by atoms with Gasteiger partial charge in [0.1, 0.15) is 11.5 Å². The predicted molar refractivity (Wildman–Crippen MR) is 92.5 cm³/mol. The van der Waals surface area contributed by atoms with Gasteiger partial charge in [0.05, 0.1) is 17.0 Å². The third-order valence-electron chi connectivity index (χ3n) is 4.07. The van der Waals surface area contributed by atoms with E-state index >= 15 is 0 Å². The van der Waals surface area contributed by atoms with Crippen molar-refractivity contribution >= 4 is 28.3 Å². The molecule has 142 valence electrons. The molecule has 0 saturated heterocycles. The highest BCUT2D eigenvalue weighted by molar-refractivity contribution is 6.32. The lowest BCUT2D eigenvalue weighted by Gasteiger charge is -2.11. The van der Waals surface area contributed by atoms with Crippen molar-refractivity contribution < 1.29 is 32.9 Å². The molecule has 0 aliphatic heterocycles. The number of fused-ring (bicyclic) bond motifs is 1. The molecule has 5 nitrogen and oxygen atoms in total. The first-order chi connectivity index (χ1) is 12.6. The van der Waals surface area contributed by atoms with Crippen molar-refractivity contribution in [3.63, 3.8) is 0 Å². The van der Waals surface area contributed by atoms with Crippen LogP contribution in [0.25, 0.3) is 10.8 Å². The summed E-state index contributed by atoms with van der Waals surface area (Å²) in [5.41, 5.74) is -0.483. The highest BCUT2D eigenvalue weighted by Crippen LogP contribution is 2.38. The number of carboxylic acid groups (broad SMARTS) is 1. The zero-order chi connectivity index (χ0) is 19.9. The summed E-state index contributed by atoms with van der Waals surface area (Å²) in [4.78, 5) is 11.0. The molecule has 0 amide bonds. The quantitative estimate of drug-likeness (QED) is 0.649. The van der Waals surface area contributed by atoms with Crippen molar-refractivity contribution in [3.8, 4) is 17.4 Å². The van der Waals surface area contributed by atoms with Crippen LogP contribution >= 0.6 is 11.6 Å². The molecule has 1 aromatic heterocycles. The Labute approximate surface area is 156 Å². The van der Waals surface area contributed by atoms with Crippen molar-refractivity contribution in [2.45, 2.75) is 12.6 Å². The van der Waals surface area contributed by atoms with Gasteiger partial charge in [-0.15, -0.1) is 0 Å². The summed E-state index contributed by atoms with van der Waals surface area (Å²) >= 11 is 5.88. The van der Waals surface area contributed by atoms with Crippen molar-refractivity contribution in [2.75, 3.05) is 0 Å². The molecule has 0 unspecified atom stereocenters. The molecule has 0 fully saturated rings. The molecule has 2 aromatic carbocycles.